The molecule has 1 heterocycles. The lowest BCUT2D eigenvalue weighted by molar-refractivity contribution is -0.385. The van der Waals surface area contributed by atoms with Gasteiger partial charge in [0.1, 0.15) is 5.75 Å². The highest BCUT2D eigenvalue weighted by molar-refractivity contribution is 7.89. The third-order valence-corrected chi connectivity index (χ3v) is 7.76. The van der Waals surface area contributed by atoms with E-state index in [0.29, 0.717) is 17.2 Å². The number of ether oxygens (including phenoxy) is 1. The molecule has 0 N–H and O–H groups in total. The molecule has 0 aliphatic carbocycles. The summed E-state index contributed by atoms with van der Waals surface area (Å²) in [7, 11) is -3.89. The predicted molar refractivity (Wildman–Crippen MR) is 124 cm³/mol. The SMILES string of the molecule is Cc1ccc([N+](=O)[O-])cc1S(=O)(=O)N1CCN(C(=O)CCOc2ccc(C(C)C)cc2)CC1. The maximum atomic E-state index is 13.0. The molecule has 0 bridgehead atoms. The molecule has 2 aromatic carbocycles. The summed E-state index contributed by atoms with van der Waals surface area (Å²) in [5.74, 6) is 1.04. The molecular formula is C23H29N3O6S. The minimum atomic E-state index is -3.89. The first kappa shape index (κ1) is 24.7. The Balaban J connectivity index is 1.53. The first-order chi connectivity index (χ1) is 15.6. The van der Waals surface area contributed by atoms with E-state index in [-0.39, 0.29) is 55.7 Å². The normalized spacial score (nSPS) is 15.0. The number of hydrogen-bond acceptors (Lipinski definition) is 6. The van der Waals surface area contributed by atoms with Crippen molar-refractivity contribution in [1.29, 1.82) is 0 Å². The van der Waals surface area contributed by atoms with Gasteiger partial charge in [0.2, 0.25) is 15.9 Å². The lowest BCUT2D eigenvalue weighted by Crippen LogP contribution is -2.50. The van der Waals surface area contributed by atoms with Crippen molar-refractivity contribution < 1.29 is 22.9 Å². The molecule has 1 aliphatic rings. The summed E-state index contributed by atoms with van der Waals surface area (Å²) in [4.78, 5) is 24.5. The Morgan fingerprint density at radius 3 is 2.30 bits per heavy atom. The number of hydrogen-bond donors (Lipinski definition) is 0. The van der Waals surface area contributed by atoms with Crippen molar-refractivity contribution in [3.05, 3.63) is 63.7 Å². The van der Waals surface area contributed by atoms with Gasteiger partial charge in [-0.25, -0.2) is 8.42 Å². The fourth-order valence-corrected chi connectivity index (χ4v) is 5.33. The first-order valence-electron chi connectivity index (χ1n) is 10.9. The fourth-order valence-electron chi connectivity index (χ4n) is 3.66. The molecule has 1 saturated heterocycles. The molecule has 2 aromatic rings. The summed E-state index contributed by atoms with van der Waals surface area (Å²) in [5, 5.41) is 11.0. The van der Waals surface area contributed by atoms with E-state index in [1.165, 1.54) is 22.0 Å². The number of carbonyl (C=O) groups excluding carboxylic acids is 1. The second-order valence-corrected chi connectivity index (χ2v) is 10.2. The monoisotopic (exact) mass is 475 g/mol. The molecule has 0 saturated carbocycles. The van der Waals surface area contributed by atoms with Crippen molar-refractivity contribution in [2.45, 2.75) is 38.0 Å². The standard InChI is InChI=1S/C23H29N3O6S/c1-17(2)19-5-8-21(9-6-19)32-15-10-23(27)24-11-13-25(14-12-24)33(30,31)22-16-20(26(28)29)7-4-18(22)3/h4-9,16-17H,10-15H2,1-3H3. The van der Waals surface area contributed by atoms with E-state index < -0.39 is 14.9 Å². The van der Waals surface area contributed by atoms with Crippen LogP contribution in [-0.4, -0.2) is 61.2 Å². The maximum absolute atomic E-state index is 13.0. The highest BCUT2D eigenvalue weighted by atomic mass is 32.2. The highest BCUT2D eigenvalue weighted by Crippen LogP contribution is 2.26. The van der Waals surface area contributed by atoms with E-state index in [4.69, 9.17) is 4.74 Å². The summed E-state index contributed by atoms with van der Waals surface area (Å²) in [6.07, 6.45) is 0.197. The smallest absolute Gasteiger partial charge is 0.270 e. The van der Waals surface area contributed by atoms with E-state index in [1.54, 1.807) is 11.8 Å². The summed E-state index contributed by atoms with van der Waals surface area (Å²) in [5.41, 5.74) is 1.39. The number of piperazine rings is 1. The average Bonchev–Trinajstić information content (AvgIpc) is 2.79. The molecule has 1 aliphatic heterocycles. The van der Waals surface area contributed by atoms with Crippen LogP contribution in [0.2, 0.25) is 0 Å². The van der Waals surface area contributed by atoms with E-state index >= 15 is 0 Å². The summed E-state index contributed by atoms with van der Waals surface area (Å²) in [6.45, 7) is 6.86. The zero-order chi connectivity index (χ0) is 24.2. The van der Waals surface area contributed by atoms with Crippen LogP contribution in [0.25, 0.3) is 0 Å². The second-order valence-electron chi connectivity index (χ2n) is 8.31. The minimum Gasteiger partial charge on any atom is -0.493 e. The number of sulfonamides is 1. The van der Waals surface area contributed by atoms with Crippen molar-refractivity contribution in [2.75, 3.05) is 32.8 Å². The summed E-state index contributed by atoms with van der Waals surface area (Å²) >= 11 is 0. The Labute approximate surface area is 194 Å². The van der Waals surface area contributed by atoms with Crippen LogP contribution in [0.15, 0.2) is 47.4 Å². The van der Waals surface area contributed by atoms with Crippen LogP contribution in [0.4, 0.5) is 5.69 Å². The van der Waals surface area contributed by atoms with E-state index in [9.17, 15) is 23.3 Å². The Kier molecular flexibility index (Phi) is 7.70. The Morgan fingerprint density at radius 2 is 1.73 bits per heavy atom. The van der Waals surface area contributed by atoms with Crippen molar-refractivity contribution in [1.82, 2.24) is 9.21 Å². The number of nitro benzene ring substituents is 1. The molecule has 0 aromatic heterocycles. The summed E-state index contributed by atoms with van der Waals surface area (Å²) in [6, 6.07) is 11.6. The molecule has 1 fully saturated rings. The minimum absolute atomic E-state index is 0.0756. The van der Waals surface area contributed by atoms with Gasteiger partial charge in [-0.3, -0.25) is 14.9 Å². The van der Waals surface area contributed by atoms with Gasteiger partial charge in [-0.05, 0) is 36.1 Å². The largest absolute Gasteiger partial charge is 0.493 e. The van der Waals surface area contributed by atoms with Crippen LogP contribution in [0, 0.1) is 17.0 Å². The molecular weight excluding hydrogens is 446 g/mol. The van der Waals surface area contributed by atoms with E-state index in [0.717, 1.165) is 6.07 Å². The number of aryl methyl sites for hydroxylation is 1. The number of non-ortho nitro benzene ring substituents is 1. The number of amides is 1. The molecule has 0 atom stereocenters. The quantitative estimate of drug-likeness (QED) is 0.428. The maximum Gasteiger partial charge on any atom is 0.270 e. The van der Waals surface area contributed by atoms with Gasteiger partial charge in [-0.2, -0.15) is 4.31 Å². The summed E-state index contributed by atoms with van der Waals surface area (Å²) < 4.78 is 33.0. The van der Waals surface area contributed by atoms with Gasteiger partial charge in [0, 0.05) is 38.3 Å². The van der Waals surface area contributed by atoms with Crippen LogP contribution < -0.4 is 4.74 Å². The third kappa shape index (κ3) is 5.88. The van der Waals surface area contributed by atoms with Crippen molar-refractivity contribution in [3.8, 4) is 5.75 Å². The average molecular weight is 476 g/mol. The number of carbonyl (C=O) groups is 1. The Morgan fingerprint density at radius 1 is 1.09 bits per heavy atom. The van der Waals surface area contributed by atoms with Gasteiger partial charge in [-0.1, -0.05) is 32.0 Å². The van der Waals surface area contributed by atoms with Gasteiger partial charge < -0.3 is 9.64 Å². The molecule has 9 nitrogen and oxygen atoms in total. The molecule has 0 unspecified atom stereocenters. The third-order valence-electron chi connectivity index (χ3n) is 5.72. The molecule has 0 radical (unpaired) electrons. The predicted octanol–water partition coefficient (Wildman–Crippen LogP) is 3.33. The Hall–Kier alpha value is -2.98. The number of benzene rings is 2. The van der Waals surface area contributed by atoms with Gasteiger partial charge in [0.15, 0.2) is 0 Å². The number of rotatable bonds is 8. The first-order valence-corrected chi connectivity index (χ1v) is 12.3. The van der Waals surface area contributed by atoms with Crippen LogP contribution >= 0.6 is 0 Å². The number of nitro groups is 1. The molecule has 178 valence electrons. The van der Waals surface area contributed by atoms with Crippen molar-refractivity contribution >= 4 is 21.6 Å². The van der Waals surface area contributed by atoms with Crippen LogP contribution in [0.5, 0.6) is 5.75 Å². The van der Waals surface area contributed by atoms with Crippen molar-refractivity contribution in [2.24, 2.45) is 0 Å². The zero-order valence-electron chi connectivity index (χ0n) is 19.1. The molecule has 3 rings (SSSR count). The van der Waals surface area contributed by atoms with Crippen LogP contribution in [-0.2, 0) is 14.8 Å². The lowest BCUT2D eigenvalue weighted by Gasteiger charge is -2.34. The van der Waals surface area contributed by atoms with Gasteiger partial charge in [0.25, 0.3) is 5.69 Å². The van der Waals surface area contributed by atoms with Gasteiger partial charge >= 0.3 is 0 Å². The number of nitrogens with zero attached hydrogens (tertiary/aromatic N) is 3. The van der Waals surface area contributed by atoms with E-state index in [2.05, 4.69) is 13.8 Å². The zero-order valence-corrected chi connectivity index (χ0v) is 19.9. The Bertz CT molecular complexity index is 1110. The van der Waals surface area contributed by atoms with Crippen molar-refractivity contribution in [3.63, 3.8) is 0 Å². The molecule has 10 heteroatoms. The van der Waals surface area contributed by atoms with Crippen LogP contribution in [0.3, 0.4) is 0 Å². The molecule has 33 heavy (non-hydrogen) atoms. The molecule has 1 amide bonds. The highest BCUT2D eigenvalue weighted by Gasteiger charge is 2.32. The topological polar surface area (TPSA) is 110 Å². The molecule has 0 spiro atoms. The van der Waals surface area contributed by atoms with E-state index in [1.807, 2.05) is 24.3 Å². The van der Waals surface area contributed by atoms with Gasteiger partial charge in [0.05, 0.1) is 22.8 Å². The lowest BCUT2D eigenvalue weighted by atomic mass is 10.0. The van der Waals surface area contributed by atoms with Crippen LogP contribution in [0.1, 0.15) is 37.3 Å². The van der Waals surface area contributed by atoms with Gasteiger partial charge in [-0.15, -0.1) is 0 Å². The fraction of sp³-hybridized carbons (Fsp3) is 0.435. The second kappa shape index (κ2) is 10.3.